The first-order valence-electron chi connectivity index (χ1n) is 10.8. The number of thioether (sulfide) groups is 1. The lowest BCUT2D eigenvalue weighted by atomic mass is 10.1. The lowest BCUT2D eigenvalue weighted by Crippen LogP contribution is -2.36. The van der Waals surface area contributed by atoms with E-state index in [9.17, 15) is 14.4 Å². The number of halogens is 3. The Bertz CT molecular complexity index is 1420. The Morgan fingerprint density at radius 2 is 1.84 bits per heavy atom. The van der Waals surface area contributed by atoms with Crippen LogP contribution in [0.5, 0.6) is 11.5 Å². The molecule has 1 fully saturated rings. The van der Waals surface area contributed by atoms with Crippen molar-refractivity contribution in [2.24, 2.45) is 0 Å². The lowest BCUT2D eigenvalue weighted by molar-refractivity contribution is -0.127. The summed E-state index contributed by atoms with van der Waals surface area (Å²) in [5.41, 5.74) is 1.90. The maximum atomic E-state index is 12.9. The Labute approximate surface area is 235 Å². The minimum atomic E-state index is -0.558. The number of ether oxygens (including phenoxy) is 2. The summed E-state index contributed by atoms with van der Waals surface area (Å²) in [5, 5.41) is 3.12. The molecule has 0 atom stereocenters. The molecule has 0 aliphatic carbocycles. The van der Waals surface area contributed by atoms with Crippen LogP contribution < -0.4 is 14.8 Å². The number of anilines is 1. The molecule has 1 saturated heterocycles. The average Bonchev–Trinajstić information content (AvgIpc) is 3.13. The van der Waals surface area contributed by atoms with Gasteiger partial charge in [-0.3, -0.25) is 19.3 Å². The van der Waals surface area contributed by atoms with Gasteiger partial charge in [-0.15, -0.1) is 0 Å². The van der Waals surface area contributed by atoms with Crippen LogP contribution in [0.15, 0.2) is 70.0 Å². The van der Waals surface area contributed by atoms with Crippen molar-refractivity contribution in [2.45, 2.75) is 6.61 Å². The van der Waals surface area contributed by atoms with Gasteiger partial charge in [0.05, 0.1) is 17.0 Å². The molecule has 1 heterocycles. The molecule has 1 aliphatic heterocycles. The van der Waals surface area contributed by atoms with E-state index in [1.807, 2.05) is 18.2 Å². The topological polar surface area (TPSA) is 84.9 Å². The fourth-order valence-electron chi connectivity index (χ4n) is 3.37. The SMILES string of the molecule is COc1cc(/C=C2/SC(=O)N(CC(=O)Nc3ccc(Br)c(Cl)c3)C2=O)ccc1OCc1ccccc1Cl. The Kier molecular flexibility index (Phi) is 8.81. The normalized spacial score (nSPS) is 14.3. The van der Waals surface area contributed by atoms with E-state index in [-0.39, 0.29) is 11.5 Å². The van der Waals surface area contributed by atoms with E-state index in [4.69, 9.17) is 32.7 Å². The fraction of sp³-hybridized carbons (Fsp3) is 0.115. The van der Waals surface area contributed by atoms with Gasteiger partial charge in [-0.25, -0.2) is 0 Å². The predicted molar refractivity (Wildman–Crippen MR) is 149 cm³/mol. The molecule has 4 rings (SSSR count). The number of methoxy groups -OCH3 is 1. The second-order valence-electron chi connectivity index (χ2n) is 7.74. The second-order valence-corrected chi connectivity index (χ2v) is 10.4. The van der Waals surface area contributed by atoms with Crippen LogP contribution in [0.25, 0.3) is 6.08 Å². The zero-order valence-corrected chi connectivity index (χ0v) is 23.2. The molecule has 11 heteroatoms. The number of rotatable bonds is 8. The zero-order valence-electron chi connectivity index (χ0n) is 19.3. The maximum absolute atomic E-state index is 12.9. The van der Waals surface area contributed by atoms with Crippen molar-refractivity contribution in [3.63, 3.8) is 0 Å². The average molecular weight is 622 g/mol. The van der Waals surface area contributed by atoms with Crippen LogP contribution in [0.4, 0.5) is 10.5 Å². The van der Waals surface area contributed by atoms with Crippen molar-refractivity contribution in [2.75, 3.05) is 19.0 Å². The summed E-state index contributed by atoms with van der Waals surface area (Å²) in [7, 11) is 1.51. The molecule has 190 valence electrons. The summed E-state index contributed by atoms with van der Waals surface area (Å²) >= 11 is 16.3. The van der Waals surface area contributed by atoms with Gasteiger partial charge in [0.15, 0.2) is 11.5 Å². The largest absolute Gasteiger partial charge is 0.493 e. The Hall–Kier alpha value is -2.98. The molecule has 3 aromatic rings. The molecule has 3 amide bonds. The Balaban J connectivity index is 1.43. The predicted octanol–water partition coefficient (Wildman–Crippen LogP) is 7.02. The Morgan fingerprint density at radius 3 is 2.57 bits per heavy atom. The van der Waals surface area contributed by atoms with E-state index in [1.54, 1.807) is 48.5 Å². The Morgan fingerprint density at radius 1 is 1.05 bits per heavy atom. The van der Waals surface area contributed by atoms with Crippen molar-refractivity contribution in [1.82, 2.24) is 4.90 Å². The molecule has 37 heavy (non-hydrogen) atoms. The number of imide groups is 1. The van der Waals surface area contributed by atoms with Crippen LogP contribution in [-0.4, -0.2) is 35.6 Å². The first-order chi connectivity index (χ1) is 17.7. The van der Waals surface area contributed by atoms with E-state index in [2.05, 4.69) is 21.2 Å². The molecular formula is C26H19BrCl2N2O5S. The molecule has 0 spiro atoms. The third kappa shape index (κ3) is 6.67. The van der Waals surface area contributed by atoms with Crippen molar-refractivity contribution in [3.8, 4) is 11.5 Å². The monoisotopic (exact) mass is 620 g/mol. The van der Waals surface area contributed by atoms with Crippen molar-refractivity contribution >= 4 is 79.7 Å². The van der Waals surface area contributed by atoms with Crippen molar-refractivity contribution < 1.29 is 23.9 Å². The van der Waals surface area contributed by atoms with Crippen LogP contribution in [-0.2, 0) is 16.2 Å². The molecule has 3 aromatic carbocycles. The number of hydrogen-bond donors (Lipinski definition) is 1. The highest BCUT2D eigenvalue weighted by Crippen LogP contribution is 2.35. The molecular weight excluding hydrogens is 603 g/mol. The summed E-state index contributed by atoms with van der Waals surface area (Å²) in [6, 6.07) is 17.4. The summed E-state index contributed by atoms with van der Waals surface area (Å²) in [4.78, 5) is 38.9. The molecule has 0 unspecified atom stereocenters. The summed E-state index contributed by atoms with van der Waals surface area (Å²) in [6.07, 6.45) is 1.57. The quantitative estimate of drug-likeness (QED) is 0.272. The van der Waals surface area contributed by atoms with E-state index >= 15 is 0 Å². The molecule has 0 aromatic heterocycles. The fourth-order valence-corrected chi connectivity index (χ4v) is 4.83. The number of hydrogen-bond acceptors (Lipinski definition) is 6. The van der Waals surface area contributed by atoms with Gasteiger partial charge in [-0.1, -0.05) is 47.5 Å². The number of nitrogens with one attached hydrogen (secondary N) is 1. The van der Waals surface area contributed by atoms with Gasteiger partial charge in [0.1, 0.15) is 13.2 Å². The summed E-state index contributed by atoms with van der Waals surface area (Å²) in [5.74, 6) is -0.134. The minimum absolute atomic E-state index is 0.191. The van der Waals surface area contributed by atoms with Gasteiger partial charge in [0.25, 0.3) is 11.1 Å². The van der Waals surface area contributed by atoms with E-state index < -0.39 is 23.6 Å². The highest BCUT2D eigenvalue weighted by molar-refractivity contribution is 9.10. The van der Waals surface area contributed by atoms with Gasteiger partial charge in [0, 0.05) is 20.7 Å². The first kappa shape index (κ1) is 27.1. The van der Waals surface area contributed by atoms with Crippen molar-refractivity contribution in [1.29, 1.82) is 0 Å². The molecule has 0 saturated carbocycles. The second kappa shape index (κ2) is 12.0. The van der Waals surface area contributed by atoms with E-state index in [0.29, 0.717) is 37.3 Å². The highest BCUT2D eigenvalue weighted by atomic mass is 79.9. The third-order valence-electron chi connectivity index (χ3n) is 5.21. The molecule has 0 radical (unpaired) electrons. The first-order valence-corrected chi connectivity index (χ1v) is 13.2. The number of carbonyl (C=O) groups excluding carboxylic acids is 3. The summed E-state index contributed by atoms with van der Waals surface area (Å²) in [6.45, 7) is -0.170. The highest BCUT2D eigenvalue weighted by Gasteiger charge is 2.36. The van der Waals surface area contributed by atoms with Gasteiger partial charge in [-0.05, 0) is 75.7 Å². The smallest absolute Gasteiger partial charge is 0.294 e. The van der Waals surface area contributed by atoms with Crippen molar-refractivity contribution in [3.05, 3.63) is 91.2 Å². The standard InChI is InChI=1S/C26H19BrCl2N2O5S/c1-35-22-10-15(6-9-21(22)36-14-16-4-2-3-5-19(16)28)11-23-25(33)31(26(34)37-23)13-24(32)30-17-7-8-18(27)20(29)12-17/h2-12H,13-14H2,1H3,(H,30,32)/b23-11+. The third-order valence-corrected chi connectivity index (χ3v) is 7.71. The van der Waals surface area contributed by atoms with Gasteiger partial charge in [0.2, 0.25) is 5.91 Å². The molecule has 1 aliphatic rings. The van der Waals surface area contributed by atoms with E-state index in [0.717, 1.165) is 22.2 Å². The number of amides is 3. The molecule has 7 nitrogen and oxygen atoms in total. The molecule has 1 N–H and O–H groups in total. The van der Waals surface area contributed by atoms with Crippen LogP contribution in [0.3, 0.4) is 0 Å². The van der Waals surface area contributed by atoms with Crippen LogP contribution in [0, 0.1) is 0 Å². The number of nitrogens with zero attached hydrogens (tertiary/aromatic N) is 1. The van der Waals surface area contributed by atoms with Crippen LogP contribution >= 0.6 is 50.9 Å². The van der Waals surface area contributed by atoms with Crippen LogP contribution in [0.2, 0.25) is 10.0 Å². The van der Waals surface area contributed by atoms with Gasteiger partial charge < -0.3 is 14.8 Å². The van der Waals surface area contributed by atoms with Gasteiger partial charge >= 0.3 is 0 Å². The van der Waals surface area contributed by atoms with Gasteiger partial charge in [-0.2, -0.15) is 0 Å². The van der Waals surface area contributed by atoms with Crippen LogP contribution in [0.1, 0.15) is 11.1 Å². The minimum Gasteiger partial charge on any atom is -0.493 e. The number of benzene rings is 3. The lowest BCUT2D eigenvalue weighted by Gasteiger charge is -2.13. The maximum Gasteiger partial charge on any atom is 0.294 e. The summed E-state index contributed by atoms with van der Waals surface area (Å²) < 4.78 is 12.0. The van der Waals surface area contributed by atoms with E-state index in [1.165, 1.54) is 7.11 Å². The zero-order chi connectivity index (χ0) is 26.5. The number of carbonyl (C=O) groups is 3. The molecule has 0 bridgehead atoms.